The highest BCUT2D eigenvalue weighted by Crippen LogP contribution is 2.36. The maximum absolute atomic E-state index is 5.13. The van der Waals surface area contributed by atoms with Crippen molar-refractivity contribution in [3.8, 4) is 67.0 Å². The molecule has 0 fully saturated rings. The molecule has 6 aromatic carbocycles. The van der Waals surface area contributed by atoms with E-state index in [9.17, 15) is 0 Å². The van der Waals surface area contributed by atoms with E-state index >= 15 is 0 Å². The van der Waals surface area contributed by atoms with Crippen LogP contribution in [0.3, 0.4) is 0 Å². The molecule has 0 aliphatic rings. The average molecular weight is 725 g/mol. The van der Waals surface area contributed by atoms with Gasteiger partial charge in [0, 0.05) is 5.56 Å². The standard InChI is InChI=1S/C54H48N2/c1-5-15-46(16-6-2)52-38-53(47(17-7-3)18-8-4)56-54(55-52)48-33-31-45(32-34-48)51-36-49(43-27-23-41(24-28-43)39-19-11-9-12-20-39)35-50(37-51)44-29-25-42(26-30-44)40-21-13-10-14-22-40/h5,7,9-15,17-38H,1,6,8,16H2,2-4H3/b17-7-,46-15+,47-18+. The van der Waals surface area contributed by atoms with Gasteiger partial charge in [0.25, 0.3) is 0 Å². The first kappa shape index (κ1) is 37.7. The van der Waals surface area contributed by atoms with Crippen molar-refractivity contribution in [2.24, 2.45) is 0 Å². The quantitative estimate of drug-likeness (QED) is 0.111. The monoisotopic (exact) mass is 724 g/mol. The number of benzene rings is 6. The number of rotatable bonds is 13. The number of aromatic nitrogens is 2. The first-order valence-corrected chi connectivity index (χ1v) is 19.7. The molecule has 7 aromatic rings. The lowest BCUT2D eigenvalue weighted by Gasteiger charge is -2.14. The van der Waals surface area contributed by atoms with Crippen molar-refractivity contribution in [2.75, 3.05) is 0 Å². The summed E-state index contributed by atoms with van der Waals surface area (Å²) in [5.41, 5.74) is 16.9. The van der Waals surface area contributed by atoms with Crippen LogP contribution in [0, 0.1) is 0 Å². The molecule has 0 aliphatic heterocycles. The largest absolute Gasteiger partial charge is 0.228 e. The third-order valence-electron chi connectivity index (χ3n) is 10.0. The molecule has 0 spiro atoms. The highest BCUT2D eigenvalue weighted by atomic mass is 14.9. The number of hydrogen-bond acceptors (Lipinski definition) is 2. The lowest BCUT2D eigenvalue weighted by Crippen LogP contribution is -2.00. The van der Waals surface area contributed by atoms with Crippen LogP contribution in [0.5, 0.6) is 0 Å². The highest BCUT2D eigenvalue weighted by Gasteiger charge is 2.14. The minimum atomic E-state index is 0.716. The van der Waals surface area contributed by atoms with Gasteiger partial charge in [0.1, 0.15) is 0 Å². The summed E-state index contributed by atoms with van der Waals surface area (Å²) in [5.74, 6) is 0.716. The van der Waals surface area contributed by atoms with E-state index in [1.54, 1.807) is 0 Å². The van der Waals surface area contributed by atoms with Gasteiger partial charge in [-0.15, -0.1) is 0 Å². The number of allylic oxidation sites excluding steroid dienone is 7. The van der Waals surface area contributed by atoms with Gasteiger partial charge in [0.2, 0.25) is 0 Å². The van der Waals surface area contributed by atoms with Crippen molar-refractivity contribution in [1.82, 2.24) is 9.97 Å². The Hall–Kier alpha value is -6.64. The van der Waals surface area contributed by atoms with Crippen molar-refractivity contribution < 1.29 is 0 Å². The van der Waals surface area contributed by atoms with Crippen molar-refractivity contribution in [2.45, 2.75) is 40.0 Å². The summed E-state index contributed by atoms with van der Waals surface area (Å²) in [6.07, 6.45) is 13.2. The molecule has 7 rings (SSSR count). The van der Waals surface area contributed by atoms with Gasteiger partial charge in [0.05, 0.1) is 11.4 Å². The molecular formula is C54H48N2. The molecule has 56 heavy (non-hydrogen) atoms. The van der Waals surface area contributed by atoms with Crippen LogP contribution in [0.15, 0.2) is 195 Å². The topological polar surface area (TPSA) is 25.8 Å². The Morgan fingerprint density at radius 2 is 0.911 bits per heavy atom. The van der Waals surface area contributed by atoms with Crippen LogP contribution >= 0.6 is 0 Å². The van der Waals surface area contributed by atoms with E-state index in [2.05, 4.69) is 202 Å². The van der Waals surface area contributed by atoms with E-state index in [0.717, 1.165) is 52.9 Å². The smallest absolute Gasteiger partial charge is 0.160 e. The SMILES string of the molecule is C=C/C=C(\CCC)c1cc(C(/C=C\C)=C/CC)nc(-c2ccc(-c3cc(-c4ccc(-c5ccccc5)cc4)cc(-c4ccc(-c5ccccc5)cc4)c3)cc2)n1. The second-order valence-electron chi connectivity index (χ2n) is 14.0. The third kappa shape index (κ3) is 8.83. The summed E-state index contributed by atoms with van der Waals surface area (Å²) in [6.45, 7) is 10.4. The Morgan fingerprint density at radius 1 is 0.500 bits per heavy atom. The van der Waals surface area contributed by atoms with Crippen LogP contribution in [0.25, 0.3) is 78.2 Å². The summed E-state index contributed by atoms with van der Waals surface area (Å²) in [6, 6.07) is 56.7. The Bertz CT molecular complexity index is 2380. The maximum Gasteiger partial charge on any atom is 0.160 e. The van der Waals surface area contributed by atoms with Crippen molar-refractivity contribution in [1.29, 1.82) is 0 Å². The molecule has 2 heteroatoms. The molecule has 0 radical (unpaired) electrons. The summed E-state index contributed by atoms with van der Waals surface area (Å²) in [5, 5.41) is 0. The first-order chi connectivity index (χ1) is 27.6. The van der Waals surface area contributed by atoms with E-state index in [4.69, 9.17) is 9.97 Å². The second-order valence-corrected chi connectivity index (χ2v) is 14.0. The minimum Gasteiger partial charge on any atom is -0.228 e. The molecule has 0 N–H and O–H groups in total. The van der Waals surface area contributed by atoms with Gasteiger partial charge in [-0.3, -0.25) is 0 Å². The zero-order valence-corrected chi connectivity index (χ0v) is 32.6. The van der Waals surface area contributed by atoms with Gasteiger partial charge in [0.15, 0.2) is 5.82 Å². The molecule has 0 amide bonds. The van der Waals surface area contributed by atoms with Crippen LogP contribution in [0.2, 0.25) is 0 Å². The molecular weight excluding hydrogens is 677 g/mol. The number of hydrogen-bond donors (Lipinski definition) is 0. The van der Waals surface area contributed by atoms with Gasteiger partial charge < -0.3 is 0 Å². The molecule has 2 nitrogen and oxygen atoms in total. The second kappa shape index (κ2) is 18.1. The van der Waals surface area contributed by atoms with Gasteiger partial charge >= 0.3 is 0 Å². The summed E-state index contributed by atoms with van der Waals surface area (Å²) < 4.78 is 0. The Balaban J connectivity index is 1.30. The molecule has 0 saturated heterocycles. The van der Waals surface area contributed by atoms with Gasteiger partial charge in [-0.2, -0.15) is 0 Å². The summed E-state index contributed by atoms with van der Waals surface area (Å²) in [7, 11) is 0. The van der Waals surface area contributed by atoms with E-state index < -0.39 is 0 Å². The molecule has 274 valence electrons. The van der Waals surface area contributed by atoms with E-state index in [-0.39, 0.29) is 0 Å². The number of nitrogens with zero attached hydrogens (tertiary/aromatic N) is 2. The predicted octanol–water partition coefficient (Wildman–Crippen LogP) is 15.2. The fourth-order valence-corrected chi connectivity index (χ4v) is 7.17. The van der Waals surface area contributed by atoms with Crippen molar-refractivity contribution >= 4 is 11.1 Å². The molecule has 0 bridgehead atoms. The van der Waals surface area contributed by atoms with Crippen molar-refractivity contribution in [3.63, 3.8) is 0 Å². The predicted molar refractivity (Wildman–Crippen MR) is 241 cm³/mol. The highest BCUT2D eigenvalue weighted by molar-refractivity contribution is 5.84. The molecule has 1 aromatic heterocycles. The zero-order valence-electron chi connectivity index (χ0n) is 32.6. The maximum atomic E-state index is 5.13. The van der Waals surface area contributed by atoms with Crippen LogP contribution < -0.4 is 0 Å². The van der Waals surface area contributed by atoms with Crippen LogP contribution in [-0.4, -0.2) is 9.97 Å². The molecule has 0 aliphatic carbocycles. The van der Waals surface area contributed by atoms with Gasteiger partial charge in [-0.05, 0) is 111 Å². The Labute approximate surface area is 333 Å². The lowest BCUT2D eigenvalue weighted by molar-refractivity contribution is 0.961. The molecule has 1 heterocycles. The lowest BCUT2D eigenvalue weighted by atomic mass is 9.91. The Morgan fingerprint density at radius 3 is 1.32 bits per heavy atom. The fraction of sp³-hybridized carbons (Fsp3) is 0.111. The molecule has 0 unspecified atom stereocenters. The van der Waals surface area contributed by atoms with Crippen LogP contribution in [0.1, 0.15) is 51.4 Å². The third-order valence-corrected chi connectivity index (χ3v) is 10.0. The summed E-state index contributed by atoms with van der Waals surface area (Å²) >= 11 is 0. The van der Waals surface area contributed by atoms with E-state index in [0.29, 0.717) is 5.82 Å². The zero-order chi connectivity index (χ0) is 38.7. The molecule has 0 saturated carbocycles. The fourth-order valence-electron chi connectivity index (χ4n) is 7.17. The molecule has 0 atom stereocenters. The normalized spacial score (nSPS) is 11.9. The van der Waals surface area contributed by atoms with Crippen LogP contribution in [0.4, 0.5) is 0 Å². The van der Waals surface area contributed by atoms with Crippen LogP contribution in [-0.2, 0) is 0 Å². The average Bonchev–Trinajstić information content (AvgIpc) is 3.27. The van der Waals surface area contributed by atoms with E-state index in [1.165, 1.54) is 50.1 Å². The van der Waals surface area contributed by atoms with Crippen molar-refractivity contribution in [3.05, 3.63) is 206 Å². The first-order valence-electron chi connectivity index (χ1n) is 19.7. The van der Waals surface area contributed by atoms with Gasteiger partial charge in [-0.1, -0.05) is 191 Å². The van der Waals surface area contributed by atoms with E-state index in [1.807, 2.05) is 13.0 Å². The minimum absolute atomic E-state index is 0.716. The Kier molecular flexibility index (Phi) is 12.2. The summed E-state index contributed by atoms with van der Waals surface area (Å²) in [4.78, 5) is 10.3. The van der Waals surface area contributed by atoms with Gasteiger partial charge in [-0.25, -0.2) is 9.97 Å².